The molecule has 0 saturated carbocycles. The first-order chi connectivity index (χ1) is 9.06. The third-order valence-electron chi connectivity index (χ3n) is 2.95. The summed E-state index contributed by atoms with van der Waals surface area (Å²) in [6.07, 6.45) is 0.159. The number of rotatable bonds is 4. The van der Waals surface area contributed by atoms with E-state index in [-0.39, 0.29) is 48.8 Å². The molecule has 1 aromatic rings. The van der Waals surface area contributed by atoms with Gasteiger partial charge in [-0.2, -0.15) is 4.98 Å². The normalized spacial score (nSPS) is 18.7. The molecule has 8 heteroatoms. The molecule has 0 radical (unpaired) electrons. The predicted octanol–water partition coefficient (Wildman–Crippen LogP) is 0.344. The maximum Gasteiger partial charge on any atom is 0.312 e. The zero-order chi connectivity index (χ0) is 14.0. The van der Waals surface area contributed by atoms with Gasteiger partial charge in [0, 0.05) is 37.6 Å². The number of aliphatic hydroxyl groups excluding tert-OH is 1. The molecule has 102 valence electrons. The standard InChI is InChI=1S/C11H13N3O5/c1-19-9-3-2-8(14(17)18)11(12-9)13-5-7(6-15)4-10(13)16/h2-3,7,15H,4-6H2,1H3. The number of pyridine rings is 1. The molecule has 19 heavy (non-hydrogen) atoms. The average molecular weight is 267 g/mol. The Labute approximate surface area is 108 Å². The van der Waals surface area contributed by atoms with E-state index >= 15 is 0 Å². The predicted molar refractivity (Wildman–Crippen MR) is 65.0 cm³/mol. The maximum absolute atomic E-state index is 11.8. The van der Waals surface area contributed by atoms with Gasteiger partial charge in [-0.05, 0) is 0 Å². The van der Waals surface area contributed by atoms with E-state index in [1.807, 2.05) is 0 Å². The second kappa shape index (κ2) is 5.19. The highest BCUT2D eigenvalue weighted by molar-refractivity contribution is 5.96. The number of ether oxygens (including phenoxy) is 1. The Balaban J connectivity index is 2.42. The molecule has 1 aromatic heterocycles. The molecule has 1 aliphatic rings. The smallest absolute Gasteiger partial charge is 0.312 e. The monoisotopic (exact) mass is 267 g/mol. The first-order valence-corrected chi connectivity index (χ1v) is 5.67. The number of hydrogen-bond donors (Lipinski definition) is 1. The molecule has 1 saturated heterocycles. The number of carbonyl (C=O) groups excluding carboxylic acids is 1. The van der Waals surface area contributed by atoms with Crippen molar-refractivity contribution in [3.63, 3.8) is 0 Å². The molecule has 1 amide bonds. The fourth-order valence-electron chi connectivity index (χ4n) is 1.99. The van der Waals surface area contributed by atoms with Gasteiger partial charge in [0.25, 0.3) is 0 Å². The van der Waals surface area contributed by atoms with Crippen LogP contribution in [0.1, 0.15) is 6.42 Å². The summed E-state index contributed by atoms with van der Waals surface area (Å²) >= 11 is 0. The van der Waals surface area contributed by atoms with Gasteiger partial charge in [-0.1, -0.05) is 0 Å². The third kappa shape index (κ3) is 2.48. The summed E-state index contributed by atoms with van der Waals surface area (Å²) in [5, 5.41) is 20.0. The van der Waals surface area contributed by atoms with Crippen LogP contribution in [0.3, 0.4) is 0 Å². The largest absolute Gasteiger partial charge is 0.481 e. The van der Waals surface area contributed by atoms with Gasteiger partial charge >= 0.3 is 5.69 Å². The minimum absolute atomic E-state index is 0.0368. The van der Waals surface area contributed by atoms with Gasteiger partial charge < -0.3 is 9.84 Å². The molecule has 2 heterocycles. The summed E-state index contributed by atoms with van der Waals surface area (Å²) in [6, 6.07) is 2.62. The molecule has 1 fully saturated rings. The summed E-state index contributed by atoms with van der Waals surface area (Å²) in [5.41, 5.74) is -0.257. The van der Waals surface area contributed by atoms with Crippen LogP contribution in [0.4, 0.5) is 11.5 Å². The second-order valence-electron chi connectivity index (χ2n) is 4.21. The molecule has 0 aromatic carbocycles. The molecule has 1 aliphatic heterocycles. The van der Waals surface area contributed by atoms with Crippen molar-refractivity contribution in [2.45, 2.75) is 6.42 Å². The summed E-state index contributed by atoms with van der Waals surface area (Å²) in [6.45, 7) is 0.0797. The van der Waals surface area contributed by atoms with Crippen LogP contribution in [0.25, 0.3) is 0 Å². The number of aliphatic hydroxyl groups is 1. The van der Waals surface area contributed by atoms with E-state index in [4.69, 9.17) is 9.84 Å². The molecule has 8 nitrogen and oxygen atoms in total. The Morgan fingerprint density at radius 2 is 2.37 bits per heavy atom. The Morgan fingerprint density at radius 1 is 1.63 bits per heavy atom. The highest BCUT2D eigenvalue weighted by Crippen LogP contribution is 2.32. The fraction of sp³-hybridized carbons (Fsp3) is 0.455. The molecule has 0 spiro atoms. The first kappa shape index (κ1) is 13.2. The van der Waals surface area contributed by atoms with Crippen molar-refractivity contribution >= 4 is 17.4 Å². The van der Waals surface area contributed by atoms with Gasteiger partial charge in [-0.25, -0.2) is 0 Å². The van der Waals surface area contributed by atoms with Crippen LogP contribution in [0.2, 0.25) is 0 Å². The maximum atomic E-state index is 11.8. The minimum Gasteiger partial charge on any atom is -0.481 e. The van der Waals surface area contributed by atoms with Crippen molar-refractivity contribution in [1.29, 1.82) is 0 Å². The van der Waals surface area contributed by atoms with Crippen LogP contribution in [0, 0.1) is 16.0 Å². The van der Waals surface area contributed by atoms with Crippen LogP contribution in [0.5, 0.6) is 5.88 Å². The summed E-state index contributed by atoms with van der Waals surface area (Å²) in [5.74, 6) is -0.353. The number of methoxy groups -OCH3 is 1. The summed E-state index contributed by atoms with van der Waals surface area (Å²) in [4.78, 5) is 27.4. The van der Waals surface area contributed by atoms with Gasteiger partial charge in [0.05, 0.1) is 12.0 Å². The second-order valence-corrected chi connectivity index (χ2v) is 4.21. The van der Waals surface area contributed by atoms with Crippen LogP contribution in [-0.4, -0.2) is 41.2 Å². The lowest BCUT2D eigenvalue weighted by Gasteiger charge is -2.15. The Hall–Kier alpha value is -2.22. The lowest BCUT2D eigenvalue weighted by Crippen LogP contribution is -2.26. The van der Waals surface area contributed by atoms with Gasteiger partial charge in [-0.15, -0.1) is 0 Å². The third-order valence-corrected chi connectivity index (χ3v) is 2.95. The Morgan fingerprint density at radius 3 is 2.89 bits per heavy atom. The van der Waals surface area contributed by atoms with Gasteiger partial charge in [0.15, 0.2) is 0 Å². The van der Waals surface area contributed by atoms with Crippen LogP contribution in [-0.2, 0) is 4.79 Å². The number of aromatic nitrogens is 1. The van der Waals surface area contributed by atoms with E-state index in [0.29, 0.717) is 0 Å². The molecular formula is C11H13N3O5. The zero-order valence-corrected chi connectivity index (χ0v) is 10.3. The topological polar surface area (TPSA) is 106 Å². The molecular weight excluding hydrogens is 254 g/mol. The van der Waals surface area contributed by atoms with E-state index in [9.17, 15) is 14.9 Å². The van der Waals surface area contributed by atoms with Gasteiger partial charge in [0.2, 0.25) is 17.6 Å². The molecule has 1 unspecified atom stereocenters. The van der Waals surface area contributed by atoms with Crippen LogP contribution >= 0.6 is 0 Å². The molecule has 0 bridgehead atoms. The number of anilines is 1. The van der Waals surface area contributed by atoms with Crippen molar-refractivity contribution in [3.05, 3.63) is 22.2 Å². The van der Waals surface area contributed by atoms with Crippen molar-refractivity contribution in [2.75, 3.05) is 25.2 Å². The van der Waals surface area contributed by atoms with E-state index in [1.54, 1.807) is 0 Å². The van der Waals surface area contributed by atoms with Crippen LogP contribution < -0.4 is 9.64 Å². The van der Waals surface area contributed by atoms with E-state index < -0.39 is 4.92 Å². The SMILES string of the molecule is COc1ccc([N+](=O)[O-])c(N2CC(CO)CC2=O)n1. The average Bonchev–Trinajstić information content (AvgIpc) is 2.79. The van der Waals surface area contributed by atoms with Crippen molar-refractivity contribution in [1.82, 2.24) is 4.98 Å². The van der Waals surface area contributed by atoms with E-state index in [0.717, 1.165) is 0 Å². The number of amides is 1. The van der Waals surface area contributed by atoms with E-state index in [2.05, 4.69) is 4.98 Å². The Kier molecular flexibility index (Phi) is 3.61. The number of carbonyl (C=O) groups is 1. The molecule has 1 N–H and O–H groups in total. The highest BCUT2D eigenvalue weighted by Gasteiger charge is 2.35. The quantitative estimate of drug-likeness (QED) is 0.623. The fourth-order valence-corrected chi connectivity index (χ4v) is 1.99. The molecule has 0 aliphatic carbocycles. The highest BCUT2D eigenvalue weighted by atomic mass is 16.6. The Bertz CT molecular complexity index is 519. The lowest BCUT2D eigenvalue weighted by molar-refractivity contribution is -0.384. The summed E-state index contributed by atoms with van der Waals surface area (Å²) < 4.78 is 4.92. The van der Waals surface area contributed by atoms with Gasteiger partial charge in [0.1, 0.15) is 0 Å². The first-order valence-electron chi connectivity index (χ1n) is 5.67. The zero-order valence-electron chi connectivity index (χ0n) is 10.3. The number of hydrogen-bond acceptors (Lipinski definition) is 6. The van der Waals surface area contributed by atoms with Crippen molar-refractivity contribution < 1.29 is 19.6 Å². The number of nitrogens with zero attached hydrogens (tertiary/aromatic N) is 3. The molecule has 1 atom stereocenters. The van der Waals surface area contributed by atoms with Gasteiger partial charge in [-0.3, -0.25) is 19.8 Å². The summed E-state index contributed by atoms with van der Waals surface area (Å²) in [7, 11) is 1.39. The van der Waals surface area contributed by atoms with E-state index in [1.165, 1.54) is 24.1 Å². The minimum atomic E-state index is -0.596. The number of nitro groups is 1. The molecule has 2 rings (SSSR count). The lowest BCUT2D eigenvalue weighted by atomic mass is 10.1. The van der Waals surface area contributed by atoms with Crippen molar-refractivity contribution in [2.24, 2.45) is 5.92 Å². The van der Waals surface area contributed by atoms with Crippen LogP contribution in [0.15, 0.2) is 12.1 Å². The van der Waals surface area contributed by atoms with Crippen molar-refractivity contribution in [3.8, 4) is 5.88 Å².